The minimum absolute atomic E-state index is 0.196. The van der Waals surface area contributed by atoms with E-state index in [-0.39, 0.29) is 6.61 Å². The monoisotopic (exact) mass is 358 g/mol. The zero-order chi connectivity index (χ0) is 18.2. The Morgan fingerprint density at radius 1 is 1.12 bits per heavy atom. The molecule has 0 aliphatic rings. The van der Waals surface area contributed by atoms with Gasteiger partial charge in [0, 0.05) is 11.1 Å². The fourth-order valence-electron chi connectivity index (χ4n) is 2.09. The van der Waals surface area contributed by atoms with Gasteiger partial charge in [-0.1, -0.05) is 47.5 Å². The Morgan fingerprint density at radius 2 is 1.88 bits per heavy atom. The van der Waals surface area contributed by atoms with Crippen molar-refractivity contribution in [2.45, 2.75) is 13.8 Å². The molecule has 2 aromatic carbocycles. The number of carbonyl (C=O) groups excluding carboxylic acids is 2. The van der Waals surface area contributed by atoms with Gasteiger partial charge in [-0.05, 0) is 43.2 Å². The first kappa shape index (κ1) is 18.5. The van der Waals surface area contributed by atoms with Gasteiger partial charge in [-0.25, -0.2) is 0 Å². The quantitative estimate of drug-likeness (QED) is 0.637. The van der Waals surface area contributed by atoms with Crippen LogP contribution in [0.4, 0.5) is 0 Å². The van der Waals surface area contributed by atoms with Crippen molar-refractivity contribution in [3.8, 4) is 5.75 Å². The number of ether oxygens (including phenoxy) is 1. The van der Waals surface area contributed by atoms with Gasteiger partial charge < -0.3 is 4.74 Å². The van der Waals surface area contributed by atoms with E-state index in [1.54, 1.807) is 24.3 Å². The lowest BCUT2D eigenvalue weighted by atomic mass is 10.1. The maximum absolute atomic E-state index is 11.7. The lowest BCUT2D eigenvalue weighted by molar-refractivity contribution is -0.128. The summed E-state index contributed by atoms with van der Waals surface area (Å²) in [6.07, 6.45) is 2.85. The summed E-state index contributed by atoms with van der Waals surface area (Å²) in [6.45, 7) is 3.69. The largest absolute Gasteiger partial charge is 0.483 e. The predicted octanol–water partition coefficient (Wildman–Crippen LogP) is 3.20. The number of rotatable bonds is 5. The van der Waals surface area contributed by atoms with Gasteiger partial charge in [0.25, 0.3) is 11.8 Å². The highest BCUT2D eigenvalue weighted by atomic mass is 35.5. The number of benzene rings is 2. The van der Waals surface area contributed by atoms with Gasteiger partial charge in [-0.15, -0.1) is 0 Å². The second-order valence-electron chi connectivity index (χ2n) is 5.45. The summed E-state index contributed by atoms with van der Waals surface area (Å²) in [5.41, 5.74) is 7.34. The van der Waals surface area contributed by atoms with Crippen LogP contribution in [0.15, 0.2) is 48.5 Å². The summed E-state index contributed by atoms with van der Waals surface area (Å²) >= 11 is 5.99. The van der Waals surface area contributed by atoms with Crippen molar-refractivity contribution in [1.82, 2.24) is 10.9 Å². The van der Waals surface area contributed by atoms with E-state index >= 15 is 0 Å². The summed E-state index contributed by atoms with van der Waals surface area (Å²) in [4.78, 5) is 23.4. The average molecular weight is 359 g/mol. The zero-order valence-electron chi connectivity index (χ0n) is 14.0. The SMILES string of the molecule is Cc1ccc(OCC(=O)NNC(=O)/C=C/c2ccccc2Cl)c(C)c1. The van der Waals surface area contributed by atoms with Gasteiger partial charge in [0.1, 0.15) is 5.75 Å². The highest BCUT2D eigenvalue weighted by molar-refractivity contribution is 6.32. The molecule has 2 aromatic rings. The van der Waals surface area contributed by atoms with Crippen LogP contribution in [0.5, 0.6) is 5.75 Å². The van der Waals surface area contributed by atoms with Gasteiger partial charge in [-0.2, -0.15) is 0 Å². The first-order valence-electron chi connectivity index (χ1n) is 7.67. The van der Waals surface area contributed by atoms with E-state index in [4.69, 9.17) is 16.3 Å². The standard InChI is InChI=1S/C19H19ClN2O3/c1-13-7-9-17(14(2)11-13)25-12-19(24)22-21-18(23)10-8-15-5-3-4-6-16(15)20/h3-11H,12H2,1-2H3,(H,21,23)(H,22,24)/b10-8+. The van der Waals surface area contributed by atoms with Crippen molar-refractivity contribution in [2.75, 3.05) is 6.61 Å². The van der Waals surface area contributed by atoms with Crippen LogP contribution in [-0.4, -0.2) is 18.4 Å². The Bertz CT molecular complexity index is 803. The van der Waals surface area contributed by atoms with Crippen LogP contribution in [-0.2, 0) is 9.59 Å². The number of aryl methyl sites for hydroxylation is 2. The fourth-order valence-corrected chi connectivity index (χ4v) is 2.29. The number of halogens is 1. The van der Waals surface area contributed by atoms with E-state index in [1.165, 1.54) is 6.08 Å². The number of amides is 2. The molecule has 25 heavy (non-hydrogen) atoms. The van der Waals surface area contributed by atoms with Crippen molar-refractivity contribution < 1.29 is 14.3 Å². The van der Waals surface area contributed by atoms with Gasteiger partial charge in [-0.3, -0.25) is 20.4 Å². The van der Waals surface area contributed by atoms with Crippen molar-refractivity contribution in [3.05, 3.63) is 70.3 Å². The van der Waals surface area contributed by atoms with Crippen LogP contribution in [0, 0.1) is 13.8 Å². The summed E-state index contributed by atoms with van der Waals surface area (Å²) in [7, 11) is 0. The molecular weight excluding hydrogens is 340 g/mol. The molecule has 0 atom stereocenters. The Hall–Kier alpha value is -2.79. The van der Waals surface area contributed by atoms with Crippen LogP contribution >= 0.6 is 11.6 Å². The van der Waals surface area contributed by atoms with Gasteiger partial charge in [0.2, 0.25) is 0 Å². The molecule has 2 rings (SSSR count). The normalized spacial score (nSPS) is 10.5. The zero-order valence-corrected chi connectivity index (χ0v) is 14.8. The topological polar surface area (TPSA) is 67.4 Å². The van der Waals surface area contributed by atoms with Crippen LogP contribution in [0.1, 0.15) is 16.7 Å². The highest BCUT2D eigenvalue weighted by Gasteiger charge is 2.06. The fraction of sp³-hybridized carbons (Fsp3) is 0.158. The minimum atomic E-state index is -0.472. The van der Waals surface area contributed by atoms with E-state index < -0.39 is 11.8 Å². The molecule has 2 amide bonds. The summed E-state index contributed by atoms with van der Waals surface area (Å²) in [6, 6.07) is 12.8. The molecule has 0 heterocycles. The third-order valence-electron chi connectivity index (χ3n) is 3.33. The Labute approximate surface area is 151 Å². The number of hydrogen-bond acceptors (Lipinski definition) is 3. The maximum atomic E-state index is 11.7. The number of hydrogen-bond donors (Lipinski definition) is 2. The molecule has 0 aliphatic heterocycles. The first-order chi connectivity index (χ1) is 12.0. The molecule has 0 saturated carbocycles. The highest BCUT2D eigenvalue weighted by Crippen LogP contribution is 2.18. The number of hydrazine groups is 1. The second kappa shape index (κ2) is 8.89. The first-order valence-corrected chi connectivity index (χ1v) is 8.05. The van der Waals surface area contributed by atoms with Crippen LogP contribution in [0.3, 0.4) is 0 Å². The van der Waals surface area contributed by atoms with Crippen LogP contribution in [0.2, 0.25) is 5.02 Å². The smallest absolute Gasteiger partial charge is 0.276 e. The van der Waals surface area contributed by atoms with Crippen LogP contribution < -0.4 is 15.6 Å². The molecule has 0 bridgehead atoms. The molecule has 5 nitrogen and oxygen atoms in total. The van der Waals surface area contributed by atoms with Gasteiger partial charge in [0.05, 0.1) is 0 Å². The molecule has 0 aromatic heterocycles. The molecule has 0 aliphatic carbocycles. The van der Waals surface area contributed by atoms with Crippen LogP contribution in [0.25, 0.3) is 6.08 Å². The molecule has 130 valence electrons. The molecule has 0 unspecified atom stereocenters. The predicted molar refractivity (Wildman–Crippen MR) is 98.2 cm³/mol. The molecular formula is C19H19ClN2O3. The molecule has 2 N–H and O–H groups in total. The minimum Gasteiger partial charge on any atom is -0.483 e. The van der Waals surface area contributed by atoms with Crippen molar-refractivity contribution in [2.24, 2.45) is 0 Å². The summed E-state index contributed by atoms with van der Waals surface area (Å²) < 4.78 is 5.43. The van der Waals surface area contributed by atoms with E-state index in [9.17, 15) is 9.59 Å². The third-order valence-corrected chi connectivity index (χ3v) is 3.68. The number of carbonyl (C=O) groups is 2. The maximum Gasteiger partial charge on any atom is 0.276 e. The third kappa shape index (κ3) is 5.97. The van der Waals surface area contributed by atoms with E-state index in [1.807, 2.05) is 38.1 Å². The van der Waals surface area contributed by atoms with Crippen molar-refractivity contribution in [1.29, 1.82) is 0 Å². The summed E-state index contributed by atoms with van der Waals surface area (Å²) in [5, 5.41) is 0.539. The van der Waals surface area contributed by atoms with Crippen molar-refractivity contribution >= 4 is 29.5 Å². The molecule has 0 spiro atoms. The average Bonchev–Trinajstić information content (AvgIpc) is 2.58. The molecule has 0 radical (unpaired) electrons. The lowest BCUT2D eigenvalue weighted by Crippen LogP contribution is -2.43. The number of nitrogens with one attached hydrogen (secondary N) is 2. The van der Waals surface area contributed by atoms with Crippen molar-refractivity contribution in [3.63, 3.8) is 0 Å². The van der Waals surface area contributed by atoms with Gasteiger partial charge in [0.15, 0.2) is 6.61 Å². The Kier molecular flexibility index (Phi) is 6.60. The van der Waals surface area contributed by atoms with E-state index in [0.717, 1.165) is 11.1 Å². The Morgan fingerprint density at radius 3 is 2.60 bits per heavy atom. The molecule has 0 saturated heterocycles. The summed E-state index contributed by atoms with van der Waals surface area (Å²) in [5.74, 6) is -0.301. The van der Waals surface area contributed by atoms with E-state index in [0.29, 0.717) is 16.3 Å². The van der Waals surface area contributed by atoms with E-state index in [2.05, 4.69) is 10.9 Å². The second-order valence-corrected chi connectivity index (χ2v) is 5.86. The molecule has 6 heteroatoms. The lowest BCUT2D eigenvalue weighted by Gasteiger charge is -2.10. The van der Waals surface area contributed by atoms with Gasteiger partial charge >= 0.3 is 0 Å². The Balaban J connectivity index is 1.77. The molecule has 0 fully saturated rings.